The molecule has 94 valence electrons. The van der Waals surface area contributed by atoms with Gasteiger partial charge in [0.15, 0.2) is 0 Å². The van der Waals surface area contributed by atoms with E-state index in [0.29, 0.717) is 13.1 Å². The van der Waals surface area contributed by atoms with Crippen LogP contribution in [-0.2, 0) is 11.3 Å². The Morgan fingerprint density at radius 1 is 1.53 bits per heavy atom. The van der Waals surface area contributed by atoms with Gasteiger partial charge in [-0.05, 0) is 44.8 Å². The third kappa shape index (κ3) is 4.73. The largest absolute Gasteiger partial charge is 0.345 e. The van der Waals surface area contributed by atoms with Gasteiger partial charge in [-0.25, -0.2) is 0 Å². The van der Waals surface area contributed by atoms with E-state index in [1.807, 2.05) is 13.0 Å². The Hall–Kier alpha value is -0.460. The van der Waals surface area contributed by atoms with Gasteiger partial charge >= 0.3 is 0 Å². The lowest BCUT2D eigenvalue weighted by Gasteiger charge is -2.14. The van der Waals surface area contributed by atoms with Crippen molar-refractivity contribution in [1.82, 2.24) is 15.2 Å². The second-order valence-electron chi connectivity index (χ2n) is 3.59. The normalized spacial score (nSPS) is 10.4. The third-order valence-electron chi connectivity index (χ3n) is 2.35. The molecule has 0 radical (unpaired) electrons. The highest BCUT2D eigenvalue weighted by Crippen LogP contribution is 2.19. The van der Waals surface area contributed by atoms with Crippen LogP contribution in [-0.4, -0.2) is 35.9 Å². The first-order valence-corrected chi connectivity index (χ1v) is 6.87. The molecule has 0 aliphatic heterocycles. The number of halogens is 2. The number of nitrogens with one attached hydrogen (secondary N) is 1. The van der Waals surface area contributed by atoms with Crippen molar-refractivity contribution in [2.75, 3.05) is 20.1 Å². The molecule has 0 atom stereocenters. The van der Waals surface area contributed by atoms with Gasteiger partial charge in [-0.3, -0.25) is 9.78 Å². The fourth-order valence-electron chi connectivity index (χ4n) is 1.17. The topological polar surface area (TPSA) is 45.2 Å². The van der Waals surface area contributed by atoms with Gasteiger partial charge < -0.3 is 10.2 Å². The number of hydrogen-bond donors (Lipinski definition) is 1. The summed E-state index contributed by atoms with van der Waals surface area (Å²) in [5, 5.41) is 3.08. The zero-order chi connectivity index (χ0) is 12.8. The molecule has 1 amide bonds. The summed E-state index contributed by atoms with van der Waals surface area (Å²) in [5.74, 6) is 0.0840. The lowest BCUT2D eigenvalue weighted by atomic mass is 10.3. The van der Waals surface area contributed by atoms with Gasteiger partial charge in [0.05, 0.1) is 12.2 Å². The summed E-state index contributed by atoms with van der Waals surface area (Å²) in [5.41, 5.74) is 0.889. The van der Waals surface area contributed by atoms with Crippen molar-refractivity contribution in [1.29, 1.82) is 0 Å². The lowest BCUT2D eigenvalue weighted by Crippen LogP contribution is -2.35. The molecule has 0 unspecified atom stereocenters. The fourth-order valence-corrected chi connectivity index (χ4v) is 2.30. The molecule has 0 aromatic carbocycles. The minimum absolute atomic E-state index is 0.0840. The molecule has 6 heteroatoms. The summed E-state index contributed by atoms with van der Waals surface area (Å²) in [6, 6.07) is 1.93. The van der Waals surface area contributed by atoms with Crippen LogP contribution in [0.3, 0.4) is 0 Å². The fraction of sp³-hybridized carbons (Fsp3) is 0.455. The Morgan fingerprint density at radius 2 is 2.24 bits per heavy atom. The van der Waals surface area contributed by atoms with Gasteiger partial charge in [0.1, 0.15) is 0 Å². The number of hydrogen-bond acceptors (Lipinski definition) is 3. The number of likely N-dealkylation sites (N-methyl/N-ethyl adjacent to an activating group) is 1. The zero-order valence-electron chi connectivity index (χ0n) is 9.83. The first-order chi connectivity index (χ1) is 8.04. The summed E-state index contributed by atoms with van der Waals surface area (Å²) < 4.78 is 1.85. The van der Waals surface area contributed by atoms with Gasteiger partial charge in [0, 0.05) is 35.3 Å². The second kappa shape index (κ2) is 7.08. The van der Waals surface area contributed by atoms with Crippen LogP contribution in [0.1, 0.15) is 12.6 Å². The van der Waals surface area contributed by atoms with E-state index >= 15 is 0 Å². The van der Waals surface area contributed by atoms with Crippen LogP contribution in [0.2, 0.25) is 0 Å². The van der Waals surface area contributed by atoms with Gasteiger partial charge in [-0.1, -0.05) is 0 Å². The molecule has 0 spiro atoms. The number of amides is 1. The molecule has 1 aromatic heterocycles. The van der Waals surface area contributed by atoms with Gasteiger partial charge in [-0.2, -0.15) is 0 Å². The molecular formula is C11H15Br2N3O. The average molecular weight is 365 g/mol. The Bertz CT molecular complexity index is 398. The van der Waals surface area contributed by atoms with E-state index in [4.69, 9.17) is 0 Å². The Labute approximate surface area is 118 Å². The number of aromatic nitrogens is 1. The first-order valence-electron chi connectivity index (χ1n) is 5.29. The highest BCUT2D eigenvalue weighted by atomic mass is 79.9. The van der Waals surface area contributed by atoms with Crippen LogP contribution < -0.4 is 5.32 Å². The molecule has 1 N–H and O–H groups in total. The smallest absolute Gasteiger partial charge is 0.236 e. The van der Waals surface area contributed by atoms with E-state index in [1.165, 1.54) is 0 Å². The molecule has 1 aromatic rings. The number of nitrogens with zero attached hydrogens (tertiary/aromatic N) is 2. The third-order valence-corrected chi connectivity index (χ3v) is 3.47. The number of rotatable bonds is 5. The molecule has 0 aliphatic carbocycles. The van der Waals surface area contributed by atoms with E-state index in [-0.39, 0.29) is 5.91 Å². The van der Waals surface area contributed by atoms with Crippen molar-refractivity contribution in [2.45, 2.75) is 13.5 Å². The average Bonchev–Trinajstić information content (AvgIpc) is 2.30. The van der Waals surface area contributed by atoms with Gasteiger partial charge in [0.2, 0.25) is 5.91 Å². The zero-order valence-corrected chi connectivity index (χ0v) is 13.0. The summed E-state index contributed by atoms with van der Waals surface area (Å²) >= 11 is 6.77. The SMILES string of the molecule is CCN(C)C(=O)CNCc1ncc(Br)cc1Br. The Kier molecular flexibility index (Phi) is 6.08. The molecule has 4 nitrogen and oxygen atoms in total. The summed E-state index contributed by atoms with van der Waals surface area (Å²) in [6.07, 6.45) is 1.74. The van der Waals surface area contributed by atoms with E-state index in [1.54, 1.807) is 18.1 Å². The van der Waals surface area contributed by atoms with Crippen LogP contribution in [0.4, 0.5) is 0 Å². The standard InChI is InChI=1S/C11H15Br2N3O/c1-3-16(2)11(17)7-14-6-10-9(13)4-8(12)5-15-10/h4-5,14H,3,6-7H2,1-2H3. The number of carbonyl (C=O) groups excluding carboxylic acids is 1. The second-order valence-corrected chi connectivity index (χ2v) is 5.36. The molecule has 0 saturated heterocycles. The number of carbonyl (C=O) groups is 1. The predicted octanol–water partition coefficient (Wildman–Crippen LogP) is 2.17. The highest BCUT2D eigenvalue weighted by molar-refractivity contribution is 9.11. The molecule has 0 aliphatic rings. The van der Waals surface area contributed by atoms with Crippen molar-refractivity contribution >= 4 is 37.8 Å². The predicted molar refractivity (Wildman–Crippen MR) is 74.7 cm³/mol. The molecule has 0 fully saturated rings. The number of pyridine rings is 1. The summed E-state index contributed by atoms with van der Waals surface area (Å²) in [7, 11) is 1.79. The van der Waals surface area contributed by atoms with Crippen molar-refractivity contribution in [3.63, 3.8) is 0 Å². The molecule has 17 heavy (non-hydrogen) atoms. The first kappa shape index (κ1) is 14.6. The molecule has 0 saturated carbocycles. The van der Waals surface area contributed by atoms with Gasteiger partial charge in [0.25, 0.3) is 0 Å². The van der Waals surface area contributed by atoms with Crippen LogP contribution in [0.5, 0.6) is 0 Å². The van der Waals surface area contributed by atoms with E-state index in [9.17, 15) is 4.79 Å². The van der Waals surface area contributed by atoms with E-state index in [0.717, 1.165) is 21.2 Å². The van der Waals surface area contributed by atoms with Crippen molar-refractivity contribution < 1.29 is 4.79 Å². The highest BCUT2D eigenvalue weighted by Gasteiger charge is 2.07. The quantitative estimate of drug-likeness (QED) is 0.870. The van der Waals surface area contributed by atoms with Crippen LogP contribution in [0, 0.1) is 0 Å². The molecule has 1 heterocycles. The minimum Gasteiger partial charge on any atom is -0.345 e. The summed E-state index contributed by atoms with van der Waals surface area (Å²) in [6.45, 7) is 3.57. The maximum Gasteiger partial charge on any atom is 0.236 e. The van der Waals surface area contributed by atoms with E-state index in [2.05, 4.69) is 42.2 Å². The van der Waals surface area contributed by atoms with Crippen molar-refractivity contribution in [3.05, 3.63) is 26.9 Å². The van der Waals surface area contributed by atoms with Crippen LogP contribution in [0.15, 0.2) is 21.2 Å². The Morgan fingerprint density at radius 3 is 2.82 bits per heavy atom. The minimum atomic E-state index is 0.0840. The lowest BCUT2D eigenvalue weighted by molar-refractivity contribution is -0.128. The molecular weight excluding hydrogens is 350 g/mol. The molecule has 0 bridgehead atoms. The van der Waals surface area contributed by atoms with E-state index < -0.39 is 0 Å². The maximum absolute atomic E-state index is 11.5. The summed E-state index contributed by atoms with van der Waals surface area (Å²) in [4.78, 5) is 17.5. The maximum atomic E-state index is 11.5. The monoisotopic (exact) mass is 363 g/mol. The molecule has 1 rings (SSSR count). The van der Waals surface area contributed by atoms with Crippen LogP contribution >= 0.6 is 31.9 Å². The van der Waals surface area contributed by atoms with Crippen LogP contribution in [0.25, 0.3) is 0 Å². The Balaban J connectivity index is 2.43. The van der Waals surface area contributed by atoms with Crippen molar-refractivity contribution in [2.24, 2.45) is 0 Å². The van der Waals surface area contributed by atoms with Gasteiger partial charge in [-0.15, -0.1) is 0 Å². The van der Waals surface area contributed by atoms with Crippen molar-refractivity contribution in [3.8, 4) is 0 Å².